The van der Waals surface area contributed by atoms with Crippen LogP contribution in [0.1, 0.15) is 40.4 Å². The van der Waals surface area contributed by atoms with E-state index >= 15 is 0 Å². The average molecular weight is 459 g/mol. The number of amides is 1. The Bertz CT molecular complexity index is 997. The highest BCUT2D eigenvalue weighted by molar-refractivity contribution is 7.95. The summed E-state index contributed by atoms with van der Waals surface area (Å²) in [5.41, 5.74) is 3.24. The summed E-state index contributed by atoms with van der Waals surface area (Å²) in [7, 11) is -3.47. The molecule has 32 heavy (non-hydrogen) atoms. The van der Waals surface area contributed by atoms with Crippen molar-refractivity contribution >= 4 is 16.3 Å². The second-order valence-corrected chi connectivity index (χ2v) is 10.5. The third-order valence-corrected chi connectivity index (χ3v) is 8.28. The largest absolute Gasteiger partial charge is 0.379 e. The Hall–Kier alpha value is -2.10. The number of morpholine rings is 1. The van der Waals surface area contributed by atoms with Crippen LogP contribution in [0.25, 0.3) is 0 Å². The summed E-state index contributed by atoms with van der Waals surface area (Å²) in [6.07, 6.45) is 0.810. The molecule has 1 amide bonds. The van der Waals surface area contributed by atoms with E-state index in [9.17, 15) is 13.6 Å². The Labute approximate surface area is 191 Å². The highest BCUT2D eigenvalue weighted by atomic mass is 32.3. The molecule has 0 bridgehead atoms. The third kappa shape index (κ3) is 4.94. The van der Waals surface area contributed by atoms with Gasteiger partial charge in [0.05, 0.1) is 26.3 Å². The number of nitrogens with zero attached hydrogens (tertiary/aromatic N) is 2. The summed E-state index contributed by atoms with van der Waals surface area (Å²) in [6, 6.07) is 12.9. The topological polar surface area (TPSA) is 82.1 Å². The van der Waals surface area contributed by atoms with Crippen LogP contribution < -0.4 is 5.32 Å². The van der Waals surface area contributed by atoms with Crippen LogP contribution in [0.15, 0.2) is 47.4 Å². The van der Waals surface area contributed by atoms with Crippen molar-refractivity contribution in [1.82, 2.24) is 14.5 Å². The van der Waals surface area contributed by atoms with Crippen LogP contribution in [0.2, 0.25) is 0 Å². The van der Waals surface area contributed by atoms with Crippen LogP contribution >= 0.6 is 0 Å². The molecule has 2 atom stereocenters. The Morgan fingerprint density at radius 3 is 2.44 bits per heavy atom. The minimum absolute atomic E-state index is 0.0110. The normalized spacial score (nSPS) is 19.8. The van der Waals surface area contributed by atoms with Crippen LogP contribution in [-0.2, 0) is 32.4 Å². The molecular formula is C24H32N3O4S+. The lowest BCUT2D eigenvalue weighted by molar-refractivity contribution is 0.0331. The van der Waals surface area contributed by atoms with Gasteiger partial charge in [0.15, 0.2) is 0 Å². The van der Waals surface area contributed by atoms with Gasteiger partial charge in [-0.1, -0.05) is 41.6 Å². The number of ether oxygens (including phenoxy) is 1. The van der Waals surface area contributed by atoms with Gasteiger partial charge in [0, 0.05) is 42.9 Å². The maximum Gasteiger partial charge on any atom is 0.326 e. The Morgan fingerprint density at radius 2 is 1.81 bits per heavy atom. The van der Waals surface area contributed by atoms with Crippen molar-refractivity contribution in [1.29, 1.82) is 0 Å². The van der Waals surface area contributed by atoms with E-state index in [4.69, 9.17) is 4.74 Å². The van der Waals surface area contributed by atoms with E-state index in [2.05, 4.69) is 17.1 Å². The zero-order valence-electron chi connectivity index (χ0n) is 18.8. The third-order valence-electron chi connectivity index (χ3n) is 6.31. The first-order chi connectivity index (χ1) is 15.4. The first-order valence-electron chi connectivity index (χ1n) is 11.2. The van der Waals surface area contributed by atoms with Crippen molar-refractivity contribution in [2.24, 2.45) is 0 Å². The highest BCUT2D eigenvalue weighted by Gasteiger charge is 2.43. The summed E-state index contributed by atoms with van der Waals surface area (Å²) in [5, 5.41) is 3.10. The zero-order chi connectivity index (χ0) is 22.7. The molecule has 0 radical (unpaired) electrons. The van der Waals surface area contributed by atoms with Crippen LogP contribution in [0, 0.1) is 6.92 Å². The first kappa shape index (κ1) is 23.1. The standard InChI is InChI=1S/C24H31N3O4S/c1-3-22(17-26-10-12-31-13-11-26)25-24(28)19-9-8-18(2)23(14-19)32(29,30)27-15-20-6-4-5-7-21(20)16-27/h4-9,14,22H,3,10-13,15-17H2,1-2H3,(H-,25,28,29,30)/p+1. The fourth-order valence-electron chi connectivity index (χ4n) is 4.28. The molecule has 2 aromatic rings. The maximum atomic E-state index is 13.5. The number of carbonyl (C=O) groups is 1. The predicted molar refractivity (Wildman–Crippen MR) is 125 cm³/mol. The molecule has 4 rings (SSSR count). The molecule has 0 saturated carbocycles. The van der Waals surface area contributed by atoms with Crippen molar-refractivity contribution < 1.29 is 18.3 Å². The van der Waals surface area contributed by atoms with Crippen LogP contribution in [0.5, 0.6) is 0 Å². The van der Waals surface area contributed by atoms with E-state index in [-0.39, 0.29) is 11.9 Å². The SMILES string of the molecule is CCC(CN1CCOCC1)NC(=O)c1ccc(C)c([S+](=O)(O)N2Cc3ccccc3C2)c1. The number of aryl methyl sites for hydroxylation is 1. The lowest BCUT2D eigenvalue weighted by Crippen LogP contribution is -2.47. The van der Waals surface area contributed by atoms with Crippen LogP contribution in [-0.4, -0.2) is 58.6 Å². The van der Waals surface area contributed by atoms with E-state index < -0.39 is 10.4 Å². The minimum Gasteiger partial charge on any atom is -0.379 e. The quantitative estimate of drug-likeness (QED) is 0.623. The van der Waals surface area contributed by atoms with Gasteiger partial charge in [0.2, 0.25) is 4.90 Å². The molecule has 2 aliphatic rings. The lowest BCUT2D eigenvalue weighted by Gasteiger charge is -2.30. The molecule has 8 heteroatoms. The van der Waals surface area contributed by atoms with Gasteiger partial charge < -0.3 is 10.1 Å². The van der Waals surface area contributed by atoms with Gasteiger partial charge in [0.25, 0.3) is 5.91 Å². The van der Waals surface area contributed by atoms with Gasteiger partial charge in [-0.2, -0.15) is 4.55 Å². The summed E-state index contributed by atoms with van der Waals surface area (Å²) in [6.45, 7) is 8.64. The predicted octanol–water partition coefficient (Wildman–Crippen LogP) is 3.10. The van der Waals surface area contributed by atoms with Crippen LogP contribution in [0.3, 0.4) is 0 Å². The first-order valence-corrected chi connectivity index (χ1v) is 12.7. The molecule has 2 aromatic carbocycles. The molecule has 0 aromatic heterocycles. The molecule has 1 saturated heterocycles. The minimum atomic E-state index is -3.47. The van der Waals surface area contributed by atoms with E-state index in [0.717, 1.165) is 50.4 Å². The highest BCUT2D eigenvalue weighted by Crippen LogP contribution is 2.33. The number of fused-ring (bicyclic) bond motifs is 1. The van der Waals surface area contributed by atoms with Gasteiger partial charge >= 0.3 is 10.4 Å². The van der Waals surface area contributed by atoms with E-state index in [1.54, 1.807) is 22.5 Å². The summed E-state index contributed by atoms with van der Waals surface area (Å²) in [4.78, 5) is 15.6. The molecule has 172 valence electrons. The van der Waals surface area contributed by atoms with Gasteiger partial charge in [-0.25, -0.2) is 0 Å². The van der Waals surface area contributed by atoms with E-state index in [1.165, 1.54) is 0 Å². The van der Waals surface area contributed by atoms with Gasteiger partial charge in [-0.3, -0.25) is 9.69 Å². The summed E-state index contributed by atoms with van der Waals surface area (Å²) < 4.78 is 31.6. The molecule has 1 fully saturated rings. The average Bonchev–Trinajstić information content (AvgIpc) is 3.25. The number of nitrogens with one attached hydrogen (secondary N) is 1. The fraction of sp³-hybridized carbons (Fsp3) is 0.458. The molecule has 2 N–H and O–H groups in total. The number of hydrogen-bond acceptors (Lipinski definition) is 4. The Morgan fingerprint density at radius 1 is 1.16 bits per heavy atom. The van der Waals surface area contributed by atoms with Crippen molar-refractivity contribution in [2.75, 3.05) is 32.8 Å². The molecule has 2 heterocycles. The summed E-state index contributed by atoms with van der Waals surface area (Å²) in [5.74, 6) is -0.216. The summed E-state index contributed by atoms with van der Waals surface area (Å²) >= 11 is 0. The van der Waals surface area contributed by atoms with Crippen molar-refractivity contribution in [3.8, 4) is 0 Å². The number of rotatable bonds is 7. The Balaban J connectivity index is 1.49. The van der Waals surface area contributed by atoms with E-state index in [0.29, 0.717) is 29.1 Å². The second kappa shape index (κ2) is 9.80. The van der Waals surface area contributed by atoms with Gasteiger partial charge in [-0.05, 0) is 34.7 Å². The number of benzene rings is 2. The molecular weight excluding hydrogens is 426 g/mol. The number of hydrogen-bond donors (Lipinski definition) is 2. The van der Waals surface area contributed by atoms with Gasteiger partial charge in [0.1, 0.15) is 0 Å². The fourth-order valence-corrected chi connectivity index (χ4v) is 5.96. The maximum absolute atomic E-state index is 13.5. The second-order valence-electron chi connectivity index (χ2n) is 8.54. The van der Waals surface area contributed by atoms with Crippen molar-refractivity contribution in [2.45, 2.75) is 44.3 Å². The molecule has 2 aliphatic heterocycles. The molecule has 0 aliphatic carbocycles. The number of carbonyl (C=O) groups excluding carboxylic acids is 1. The lowest BCUT2D eigenvalue weighted by atomic mass is 10.1. The van der Waals surface area contributed by atoms with E-state index in [1.807, 2.05) is 31.2 Å². The van der Waals surface area contributed by atoms with Crippen molar-refractivity contribution in [3.63, 3.8) is 0 Å². The molecule has 7 nitrogen and oxygen atoms in total. The zero-order valence-corrected chi connectivity index (χ0v) is 19.6. The van der Waals surface area contributed by atoms with Gasteiger partial charge in [-0.15, -0.1) is 0 Å². The molecule has 0 spiro atoms. The molecule has 2 unspecified atom stereocenters. The smallest absolute Gasteiger partial charge is 0.326 e. The van der Waals surface area contributed by atoms with Crippen molar-refractivity contribution in [3.05, 3.63) is 64.7 Å². The Kier molecular flexibility index (Phi) is 7.07. The van der Waals surface area contributed by atoms with Crippen LogP contribution in [0.4, 0.5) is 0 Å². The monoisotopic (exact) mass is 458 g/mol.